The largest absolute Gasteiger partial charge is 0.147 e. The second-order valence-electron chi connectivity index (χ2n) is 11.4. The molecule has 0 bridgehead atoms. The molecule has 0 amide bonds. The van der Waals surface area contributed by atoms with E-state index in [9.17, 15) is 0 Å². The van der Waals surface area contributed by atoms with E-state index in [4.69, 9.17) is 0 Å². The molecule has 0 aromatic carbocycles. The fourth-order valence-electron chi connectivity index (χ4n) is 7.75. The quantitative estimate of drug-likeness (QED) is 0.266. The van der Waals surface area contributed by atoms with Crippen molar-refractivity contribution in [3.63, 3.8) is 0 Å². The number of halogens is 2. The van der Waals surface area contributed by atoms with Crippen LogP contribution in [0.3, 0.4) is 0 Å². The maximum Gasteiger partial charge on any atom is -0.147 e. The van der Waals surface area contributed by atoms with Crippen molar-refractivity contribution in [3.05, 3.63) is 24.3 Å². The maximum absolute atomic E-state index is 2.87. The summed E-state index contributed by atoms with van der Waals surface area (Å²) < 4.78 is 1.26. The molecule has 0 aromatic rings. The van der Waals surface area contributed by atoms with Crippen LogP contribution < -0.4 is 0 Å². The van der Waals surface area contributed by atoms with Gasteiger partial charge in [-0.3, -0.25) is 0 Å². The Kier molecular flexibility index (Phi) is 9.75. The summed E-state index contributed by atoms with van der Waals surface area (Å²) in [6.45, 7) is 0. The Bertz CT molecular complexity index is 731. The van der Waals surface area contributed by atoms with Crippen LogP contribution in [0.2, 0.25) is 0 Å². The maximum atomic E-state index is 2.87. The molecule has 182 valence electrons. The van der Waals surface area contributed by atoms with Gasteiger partial charge < -0.3 is 0 Å². The molecule has 0 aromatic heterocycles. The SMILES string of the molecule is C1=C[C]([Zr][C]2(C3CCCC3)C=CC(C3CCCC3)=P2)(C2CCCC2)P=C1C1CCCC1.Cl.Cl. The van der Waals surface area contributed by atoms with Gasteiger partial charge in [0.15, 0.2) is 0 Å². The van der Waals surface area contributed by atoms with Crippen LogP contribution in [0.5, 0.6) is 0 Å². The Balaban J connectivity index is 0.00000130. The molecule has 0 radical (unpaired) electrons. The summed E-state index contributed by atoms with van der Waals surface area (Å²) >= 11 is -0.651. The molecule has 0 nitrogen and oxygen atoms in total. The monoisotopic (exact) mass is 600 g/mol. The smallest absolute Gasteiger partial charge is 0.147 e. The van der Waals surface area contributed by atoms with Crippen LogP contribution in [0.25, 0.3) is 0 Å². The first-order valence-corrected chi connectivity index (χ1v) is 17.9. The molecule has 4 saturated carbocycles. The van der Waals surface area contributed by atoms with Gasteiger partial charge in [0.1, 0.15) is 0 Å². The van der Waals surface area contributed by atoms with Crippen molar-refractivity contribution in [2.45, 2.75) is 108 Å². The molecule has 0 saturated heterocycles. The molecular formula is C28H42Cl2P2Zr. The summed E-state index contributed by atoms with van der Waals surface area (Å²) in [6, 6.07) is 0. The minimum absolute atomic E-state index is 0. The average molecular weight is 603 g/mol. The number of hydrogen-bond acceptors (Lipinski definition) is 0. The Hall–Kier alpha value is 1.28. The average Bonchev–Trinajstić information content (AvgIpc) is 3.60. The third kappa shape index (κ3) is 5.45. The van der Waals surface area contributed by atoms with Crippen molar-refractivity contribution in [1.82, 2.24) is 0 Å². The Morgan fingerprint density at radius 2 is 0.879 bits per heavy atom. The fourth-order valence-corrected chi connectivity index (χ4v) is 21.3. The Morgan fingerprint density at radius 3 is 1.24 bits per heavy atom. The molecule has 33 heavy (non-hydrogen) atoms. The van der Waals surface area contributed by atoms with Crippen molar-refractivity contribution < 1.29 is 23.2 Å². The normalized spacial score (nSPS) is 36.1. The first-order chi connectivity index (χ1) is 15.3. The van der Waals surface area contributed by atoms with Gasteiger partial charge >= 0.3 is 207 Å². The van der Waals surface area contributed by atoms with Gasteiger partial charge in [0.05, 0.1) is 0 Å². The van der Waals surface area contributed by atoms with Crippen molar-refractivity contribution in [1.29, 1.82) is 0 Å². The Morgan fingerprint density at radius 1 is 0.545 bits per heavy atom. The molecule has 5 heteroatoms. The van der Waals surface area contributed by atoms with Crippen molar-refractivity contribution in [3.8, 4) is 0 Å². The molecule has 2 atom stereocenters. The molecule has 6 rings (SSSR count). The van der Waals surface area contributed by atoms with E-state index >= 15 is 0 Å². The first-order valence-electron chi connectivity index (χ1n) is 13.6. The zero-order valence-corrected chi connectivity index (χ0v) is 26.0. The summed E-state index contributed by atoms with van der Waals surface area (Å²) in [5, 5.41) is 3.76. The van der Waals surface area contributed by atoms with Gasteiger partial charge in [0.2, 0.25) is 0 Å². The Labute approximate surface area is 230 Å². The van der Waals surface area contributed by atoms with Crippen LogP contribution in [0, 0.1) is 23.7 Å². The van der Waals surface area contributed by atoms with Crippen LogP contribution in [0.4, 0.5) is 0 Å². The molecular weight excluding hydrogens is 560 g/mol. The predicted molar refractivity (Wildman–Crippen MR) is 150 cm³/mol. The molecule has 0 spiro atoms. The standard InChI is InChI=1S/2C14H20P.2ClH.Zr/c2*1-2-6-11(5-1)13-9-10-14(15-13)12-7-3-4-8-12;;;/h2*9-12H,1-8H2;2*1H;. The first kappa shape index (κ1) is 27.3. The molecule has 0 N–H and O–H groups in total. The van der Waals surface area contributed by atoms with Crippen molar-refractivity contribution >= 4 is 51.8 Å². The van der Waals surface area contributed by atoms with Gasteiger partial charge in [-0.2, -0.15) is 0 Å². The summed E-state index contributed by atoms with van der Waals surface area (Å²) in [6.07, 6.45) is 35.3. The molecule has 4 aliphatic carbocycles. The van der Waals surface area contributed by atoms with E-state index in [1.54, 1.807) is 0 Å². The van der Waals surface area contributed by atoms with Crippen molar-refractivity contribution in [2.75, 3.05) is 0 Å². The van der Waals surface area contributed by atoms with E-state index in [1.165, 1.54) is 103 Å². The minimum atomic E-state index is -0.651. The topological polar surface area (TPSA) is 0 Å². The van der Waals surface area contributed by atoms with Crippen LogP contribution in [-0.4, -0.2) is 16.3 Å². The number of rotatable bonds is 6. The molecule has 4 fully saturated rings. The van der Waals surface area contributed by atoms with E-state index in [0.717, 1.165) is 23.7 Å². The zero-order chi connectivity index (χ0) is 20.7. The van der Waals surface area contributed by atoms with Crippen LogP contribution in [0.1, 0.15) is 103 Å². The van der Waals surface area contributed by atoms with E-state index in [2.05, 4.69) is 24.3 Å². The van der Waals surface area contributed by atoms with Crippen LogP contribution in [-0.2, 0) is 23.2 Å². The minimum Gasteiger partial charge on any atom is -0.147 e. The molecule has 2 unspecified atom stereocenters. The third-order valence-electron chi connectivity index (χ3n) is 9.55. The molecule has 2 heterocycles. The second-order valence-corrected chi connectivity index (χ2v) is 21.2. The van der Waals surface area contributed by atoms with E-state index < -0.39 is 23.2 Å². The zero-order valence-electron chi connectivity index (χ0n) is 20.1. The summed E-state index contributed by atoms with van der Waals surface area (Å²) in [7, 11) is 3.65. The predicted octanol–water partition coefficient (Wildman–Crippen LogP) is 9.44. The van der Waals surface area contributed by atoms with Gasteiger partial charge in [0, 0.05) is 0 Å². The molecule has 2 aliphatic heterocycles. The van der Waals surface area contributed by atoms with Gasteiger partial charge in [-0.05, 0) is 0 Å². The van der Waals surface area contributed by atoms with E-state index in [1.807, 2.05) is 27.0 Å². The van der Waals surface area contributed by atoms with E-state index in [0.29, 0.717) is 5.73 Å². The summed E-state index contributed by atoms with van der Waals surface area (Å²) in [5.41, 5.74) is 0. The van der Waals surface area contributed by atoms with Gasteiger partial charge in [-0.25, -0.2) is 0 Å². The summed E-state index contributed by atoms with van der Waals surface area (Å²) in [5.74, 6) is 3.93. The van der Waals surface area contributed by atoms with E-state index in [-0.39, 0.29) is 24.8 Å². The third-order valence-corrected chi connectivity index (χ3v) is 20.6. The molecule has 6 aliphatic rings. The van der Waals surface area contributed by atoms with Gasteiger partial charge in [-0.1, -0.05) is 0 Å². The number of allylic oxidation sites excluding steroid dienone is 4. The van der Waals surface area contributed by atoms with Gasteiger partial charge in [-0.15, -0.1) is 24.8 Å². The fraction of sp³-hybridized carbons (Fsp3) is 0.786. The second kappa shape index (κ2) is 11.8. The summed E-state index contributed by atoms with van der Waals surface area (Å²) in [4.78, 5) is 0. The van der Waals surface area contributed by atoms with Crippen molar-refractivity contribution in [2.24, 2.45) is 23.7 Å². The number of hydrogen-bond donors (Lipinski definition) is 0. The van der Waals surface area contributed by atoms with Gasteiger partial charge in [0.25, 0.3) is 0 Å². The van der Waals surface area contributed by atoms with Crippen LogP contribution >= 0.6 is 41.2 Å². The van der Waals surface area contributed by atoms with Crippen LogP contribution in [0.15, 0.2) is 24.3 Å².